The maximum atomic E-state index is 12.3. The summed E-state index contributed by atoms with van der Waals surface area (Å²) in [5.74, 6) is 0.150. The highest BCUT2D eigenvalue weighted by atomic mass is 19.4. The molecular formula is C10H12F3N. The molecule has 4 heteroatoms. The first kappa shape index (κ1) is 11.0. The van der Waals surface area contributed by atoms with Crippen LogP contribution < -0.4 is 0 Å². The Kier molecular flexibility index (Phi) is 2.83. The van der Waals surface area contributed by atoms with E-state index in [1.54, 1.807) is 6.92 Å². The average Bonchev–Trinajstić information content (AvgIpc) is 2.01. The van der Waals surface area contributed by atoms with Crippen LogP contribution in [0, 0.1) is 6.92 Å². The summed E-state index contributed by atoms with van der Waals surface area (Å²) >= 11 is 0. The van der Waals surface area contributed by atoms with Crippen LogP contribution in [-0.2, 0) is 6.18 Å². The second-order valence-corrected chi connectivity index (χ2v) is 3.58. The van der Waals surface area contributed by atoms with Gasteiger partial charge in [-0.25, -0.2) is 0 Å². The first-order valence-corrected chi connectivity index (χ1v) is 4.36. The molecule has 1 aromatic rings. The summed E-state index contributed by atoms with van der Waals surface area (Å²) in [5, 5.41) is 0. The Morgan fingerprint density at radius 1 is 1.29 bits per heavy atom. The van der Waals surface area contributed by atoms with Crippen LogP contribution in [0.4, 0.5) is 13.2 Å². The molecule has 78 valence electrons. The lowest BCUT2D eigenvalue weighted by Gasteiger charge is -2.11. The van der Waals surface area contributed by atoms with E-state index in [1.807, 2.05) is 13.8 Å². The van der Waals surface area contributed by atoms with Crippen LogP contribution >= 0.6 is 0 Å². The smallest absolute Gasteiger partial charge is 0.260 e. The van der Waals surface area contributed by atoms with Gasteiger partial charge in [-0.15, -0.1) is 0 Å². The van der Waals surface area contributed by atoms with E-state index in [0.29, 0.717) is 5.56 Å². The topological polar surface area (TPSA) is 12.9 Å². The zero-order valence-electron chi connectivity index (χ0n) is 8.31. The minimum atomic E-state index is -4.30. The van der Waals surface area contributed by atoms with Crippen molar-refractivity contribution < 1.29 is 13.2 Å². The van der Waals surface area contributed by atoms with E-state index >= 15 is 0 Å². The van der Waals surface area contributed by atoms with Crippen LogP contribution in [0.2, 0.25) is 0 Å². The van der Waals surface area contributed by atoms with Crippen LogP contribution in [0.3, 0.4) is 0 Å². The van der Waals surface area contributed by atoms with Crippen molar-refractivity contribution in [1.82, 2.24) is 4.98 Å². The molecule has 1 aromatic heterocycles. The molecule has 1 nitrogen and oxygen atoms in total. The normalized spacial score (nSPS) is 12.2. The van der Waals surface area contributed by atoms with Crippen molar-refractivity contribution in [1.29, 1.82) is 0 Å². The molecule has 0 saturated carbocycles. The van der Waals surface area contributed by atoms with Crippen LogP contribution in [0.1, 0.15) is 36.6 Å². The van der Waals surface area contributed by atoms with E-state index in [2.05, 4.69) is 4.98 Å². The first-order chi connectivity index (χ1) is 6.32. The number of halogens is 3. The summed E-state index contributed by atoms with van der Waals surface area (Å²) in [7, 11) is 0. The summed E-state index contributed by atoms with van der Waals surface area (Å²) < 4.78 is 36.8. The Bertz CT molecular complexity index is 329. The van der Waals surface area contributed by atoms with Crippen LogP contribution in [-0.4, -0.2) is 4.98 Å². The number of alkyl halides is 3. The second kappa shape index (κ2) is 3.59. The van der Waals surface area contributed by atoms with E-state index < -0.39 is 11.7 Å². The molecular weight excluding hydrogens is 191 g/mol. The molecule has 0 radical (unpaired) electrons. The van der Waals surface area contributed by atoms with Crippen molar-refractivity contribution in [2.24, 2.45) is 0 Å². The predicted octanol–water partition coefficient (Wildman–Crippen LogP) is 3.53. The third kappa shape index (κ3) is 2.25. The van der Waals surface area contributed by atoms with Crippen molar-refractivity contribution in [2.45, 2.75) is 32.9 Å². The third-order valence-electron chi connectivity index (χ3n) is 1.99. The largest absolute Gasteiger partial charge is 0.417 e. The lowest BCUT2D eigenvalue weighted by atomic mass is 10.0. The highest BCUT2D eigenvalue weighted by Crippen LogP contribution is 2.30. The van der Waals surface area contributed by atoms with Crippen LogP contribution in [0.25, 0.3) is 0 Å². The van der Waals surface area contributed by atoms with Gasteiger partial charge in [-0.1, -0.05) is 13.8 Å². The van der Waals surface area contributed by atoms with Gasteiger partial charge >= 0.3 is 6.18 Å². The second-order valence-electron chi connectivity index (χ2n) is 3.58. The minimum Gasteiger partial charge on any atom is -0.260 e. The number of hydrogen-bond acceptors (Lipinski definition) is 1. The monoisotopic (exact) mass is 203 g/mol. The Morgan fingerprint density at radius 3 is 2.21 bits per heavy atom. The lowest BCUT2D eigenvalue weighted by molar-refractivity contribution is -0.137. The lowest BCUT2D eigenvalue weighted by Crippen LogP contribution is -2.08. The number of rotatable bonds is 1. The van der Waals surface area contributed by atoms with Gasteiger partial charge in [0.1, 0.15) is 0 Å². The third-order valence-corrected chi connectivity index (χ3v) is 1.99. The van der Waals surface area contributed by atoms with Gasteiger partial charge in [-0.3, -0.25) is 4.98 Å². The molecule has 0 aliphatic carbocycles. The number of nitrogens with zero attached hydrogens (tertiary/aromatic N) is 1. The van der Waals surface area contributed by atoms with Crippen molar-refractivity contribution in [3.05, 3.63) is 29.1 Å². The SMILES string of the molecule is Cc1cc(C(F)(F)F)cnc1C(C)C. The Morgan fingerprint density at radius 2 is 1.86 bits per heavy atom. The van der Waals surface area contributed by atoms with E-state index in [1.165, 1.54) is 0 Å². The van der Waals surface area contributed by atoms with Gasteiger partial charge in [-0.05, 0) is 24.5 Å². The molecule has 0 saturated heterocycles. The fourth-order valence-electron chi connectivity index (χ4n) is 1.34. The van der Waals surface area contributed by atoms with Crippen LogP contribution in [0.5, 0.6) is 0 Å². The number of aromatic nitrogens is 1. The Hall–Kier alpha value is -1.06. The zero-order valence-corrected chi connectivity index (χ0v) is 8.31. The zero-order chi connectivity index (χ0) is 10.9. The molecule has 0 bridgehead atoms. The molecule has 1 rings (SSSR count). The number of aryl methyl sites for hydroxylation is 1. The van der Waals surface area contributed by atoms with E-state index in [4.69, 9.17) is 0 Å². The average molecular weight is 203 g/mol. The molecule has 0 aromatic carbocycles. The molecule has 0 aliphatic rings. The molecule has 0 aliphatic heterocycles. The Balaban J connectivity index is 3.13. The van der Waals surface area contributed by atoms with E-state index in [0.717, 1.165) is 18.0 Å². The quantitative estimate of drug-likeness (QED) is 0.680. The summed E-state index contributed by atoms with van der Waals surface area (Å²) in [6.45, 7) is 5.46. The predicted molar refractivity (Wildman–Crippen MR) is 48.1 cm³/mol. The number of pyridine rings is 1. The summed E-state index contributed by atoms with van der Waals surface area (Å²) in [4.78, 5) is 3.82. The highest BCUT2D eigenvalue weighted by molar-refractivity contribution is 5.27. The molecule has 0 N–H and O–H groups in total. The maximum absolute atomic E-state index is 12.3. The maximum Gasteiger partial charge on any atom is 0.417 e. The molecule has 1 heterocycles. The van der Waals surface area contributed by atoms with E-state index in [9.17, 15) is 13.2 Å². The standard InChI is InChI=1S/C10H12F3N/c1-6(2)9-7(3)4-8(5-14-9)10(11,12)13/h4-6H,1-3H3. The number of hydrogen-bond donors (Lipinski definition) is 0. The van der Waals surface area contributed by atoms with Crippen LogP contribution in [0.15, 0.2) is 12.3 Å². The van der Waals surface area contributed by atoms with Crippen molar-refractivity contribution in [3.63, 3.8) is 0 Å². The summed E-state index contributed by atoms with van der Waals surface area (Å²) in [6, 6.07) is 1.14. The van der Waals surface area contributed by atoms with Gasteiger partial charge in [-0.2, -0.15) is 13.2 Å². The minimum absolute atomic E-state index is 0.150. The molecule has 14 heavy (non-hydrogen) atoms. The molecule has 0 unspecified atom stereocenters. The molecule has 0 amide bonds. The van der Waals surface area contributed by atoms with Gasteiger partial charge in [0, 0.05) is 11.9 Å². The van der Waals surface area contributed by atoms with Gasteiger partial charge in [0.05, 0.1) is 5.56 Å². The van der Waals surface area contributed by atoms with Gasteiger partial charge < -0.3 is 0 Å². The van der Waals surface area contributed by atoms with Crippen molar-refractivity contribution >= 4 is 0 Å². The highest BCUT2D eigenvalue weighted by Gasteiger charge is 2.31. The summed E-state index contributed by atoms with van der Waals surface area (Å²) in [5.41, 5.74) is 0.632. The van der Waals surface area contributed by atoms with Gasteiger partial charge in [0.25, 0.3) is 0 Å². The fraction of sp³-hybridized carbons (Fsp3) is 0.500. The molecule has 0 atom stereocenters. The molecule has 0 fully saturated rings. The summed E-state index contributed by atoms with van der Waals surface area (Å²) in [6.07, 6.45) is -3.41. The van der Waals surface area contributed by atoms with Crippen molar-refractivity contribution in [3.8, 4) is 0 Å². The fourth-order valence-corrected chi connectivity index (χ4v) is 1.34. The van der Waals surface area contributed by atoms with Crippen molar-refractivity contribution in [2.75, 3.05) is 0 Å². The van der Waals surface area contributed by atoms with E-state index in [-0.39, 0.29) is 5.92 Å². The van der Waals surface area contributed by atoms with Gasteiger partial charge in [0.15, 0.2) is 0 Å². The Labute approximate surface area is 81.0 Å². The molecule has 0 spiro atoms. The first-order valence-electron chi connectivity index (χ1n) is 4.36. The van der Waals surface area contributed by atoms with Gasteiger partial charge in [0.2, 0.25) is 0 Å².